The molecule has 0 spiro atoms. The van der Waals surface area contributed by atoms with Gasteiger partial charge >= 0.3 is 6.18 Å². The first-order valence-corrected chi connectivity index (χ1v) is 8.67. The third-order valence-corrected chi connectivity index (χ3v) is 4.63. The second-order valence-electron chi connectivity index (χ2n) is 6.48. The van der Waals surface area contributed by atoms with Crippen LogP contribution in [-0.2, 0) is 22.3 Å². The van der Waals surface area contributed by atoms with Gasteiger partial charge in [0.15, 0.2) is 0 Å². The Morgan fingerprint density at radius 2 is 1.96 bits per heavy atom. The highest BCUT2D eigenvalue weighted by Gasteiger charge is 2.36. The Kier molecular flexibility index (Phi) is 5.58. The fourth-order valence-corrected chi connectivity index (χ4v) is 3.16. The maximum atomic E-state index is 12.9. The number of hydrogen-bond donors (Lipinski definition) is 1. The molecule has 1 fully saturated rings. The van der Waals surface area contributed by atoms with Gasteiger partial charge in [0.05, 0.1) is 18.6 Å². The van der Waals surface area contributed by atoms with E-state index >= 15 is 0 Å². The van der Waals surface area contributed by atoms with E-state index in [9.17, 15) is 22.8 Å². The summed E-state index contributed by atoms with van der Waals surface area (Å²) < 4.78 is 43.9. The molecule has 1 atom stereocenters. The number of carbonyl (C=O) groups excluding carboxylic acids is 2. The SMILES string of the molecule is COc1ccccc1CNC(=O)C1CC(=O)N(c2cccc(C(F)(F)F)c2)C1. The van der Waals surface area contributed by atoms with Gasteiger partial charge in [-0.2, -0.15) is 13.2 Å². The lowest BCUT2D eigenvalue weighted by Crippen LogP contribution is -2.32. The largest absolute Gasteiger partial charge is 0.496 e. The number of ether oxygens (including phenoxy) is 1. The molecule has 2 aromatic rings. The summed E-state index contributed by atoms with van der Waals surface area (Å²) >= 11 is 0. The number of rotatable bonds is 5. The molecule has 0 radical (unpaired) electrons. The first-order chi connectivity index (χ1) is 13.3. The number of alkyl halides is 3. The summed E-state index contributed by atoms with van der Waals surface area (Å²) in [5, 5.41) is 2.77. The van der Waals surface area contributed by atoms with E-state index in [2.05, 4.69) is 5.32 Å². The van der Waals surface area contributed by atoms with Gasteiger partial charge in [-0.1, -0.05) is 24.3 Å². The van der Waals surface area contributed by atoms with Crippen LogP contribution in [0.1, 0.15) is 17.5 Å². The first kappa shape index (κ1) is 19.7. The normalized spacial score (nSPS) is 16.9. The fourth-order valence-electron chi connectivity index (χ4n) is 3.16. The van der Waals surface area contributed by atoms with Gasteiger partial charge in [0.1, 0.15) is 5.75 Å². The maximum absolute atomic E-state index is 12.9. The number of halogens is 3. The summed E-state index contributed by atoms with van der Waals surface area (Å²) in [7, 11) is 1.53. The fraction of sp³-hybridized carbons (Fsp3) is 0.300. The van der Waals surface area contributed by atoms with Crippen LogP contribution < -0.4 is 15.0 Å². The Bertz CT molecular complexity index is 883. The van der Waals surface area contributed by atoms with Gasteiger partial charge in [-0.25, -0.2) is 0 Å². The predicted octanol–water partition coefficient (Wildman–Crippen LogP) is 3.38. The molecule has 1 unspecified atom stereocenters. The molecule has 0 bridgehead atoms. The van der Waals surface area contributed by atoms with Crippen LogP contribution in [-0.4, -0.2) is 25.5 Å². The zero-order valence-electron chi connectivity index (χ0n) is 15.1. The van der Waals surface area contributed by atoms with Gasteiger partial charge in [-0.15, -0.1) is 0 Å². The number of benzene rings is 2. The lowest BCUT2D eigenvalue weighted by molar-refractivity contribution is -0.137. The zero-order valence-corrected chi connectivity index (χ0v) is 15.1. The second kappa shape index (κ2) is 7.92. The Labute approximate surface area is 160 Å². The van der Waals surface area contributed by atoms with E-state index in [1.807, 2.05) is 18.2 Å². The van der Waals surface area contributed by atoms with Gasteiger partial charge in [0, 0.05) is 30.8 Å². The van der Waals surface area contributed by atoms with Crippen molar-refractivity contribution in [3.8, 4) is 5.75 Å². The van der Waals surface area contributed by atoms with Crippen molar-refractivity contribution in [3.05, 3.63) is 59.7 Å². The van der Waals surface area contributed by atoms with Crippen LogP contribution >= 0.6 is 0 Å². The minimum atomic E-state index is -4.50. The molecular weight excluding hydrogens is 373 g/mol. The van der Waals surface area contributed by atoms with Gasteiger partial charge in [0.25, 0.3) is 0 Å². The number of nitrogens with one attached hydrogen (secondary N) is 1. The summed E-state index contributed by atoms with van der Waals surface area (Å²) in [6.07, 6.45) is -4.54. The smallest absolute Gasteiger partial charge is 0.416 e. The van der Waals surface area contributed by atoms with E-state index < -0.39 is 17.7 Å². The summed E-state index contributed by atoms with van der Waals surface area (Å²) in [5.74, 6) is -0.696. The summed E-state index contributed by atoms with van der Waals surface area (Å²) in [4.78, 5) is 26.0. The lowest BCUT2D eigenvalue weighted by Gasteiger charge is -2.18. The van der Waals surface area contributed by atoms with Crippen LogP contribution in [0.15, 0.2) is 48.5 Å². The van der Waals surface area contributed by atoms with Crippen molar-refractivity contribution in [3.63, 3.8) is 0 Å². The lowest BCUT2D eigenvalue weighted by atomic mass is 10.1. The van der Waals surface area contributed by atoms with Crippen LogP contribution in [0.2, 0.25) is 0 Å². The highest BCUT2D eigenvalue weighted by Crippen LogP contribution is 2.33. The van der Waals surface area contributed by atoms with E-state index in [0.29, 0.717) is 5.75 Å². The summed E-state index contributed by atoms with van der Waals surface area (Å²) in [6.45, 7) is 0.273. The van der Waals surface area contributed by atoms with E-state index in [0.717, 1.165) is 17.7 Å². The monoisotopic (exact) mass is 392 g/mol. The standard InChI is InChI=1S/C20H19F3N2O3/c1-28-17-8-3-2-5-13(17)11-24-19(27)14-9-18(26)25(12-14)16-7-4-6-15(10-16)20(21,22)23/h2-8,10,14H,9,11-12H2,1H3,(H,24,27). The molecule has 1 aliphatic rings. The van der Waals surface area contributed by atoms with E-state index in [1.54, 1.807) is 6.07 Å². The average molecular weight is 392 g/mol. The van der Waals surface area contributed by atoms with Crippen molar-refractivity contribution in [2.24, 2.45) is 5.92 Å². The molecule has 1 aliphatic heterocycles. The summed E-state index contributed by atoms with van der Waals surface area (Å²) in [5.41, 5.74) is 0.0964. The van der Waals surface area contributed by atoms with E-state index in [4.69, 9.17) is 4.74 Å². The third-order valence-electron chi connectivity index (χ3n) is 4.63. The van der Waals surface area contributed by atoms with E-state index in [1.165, 1.54) is 24.1 Å². The number of nitrogens with zero attached hydrogens (tertiary/aromatic N) is 1. The molecule has 8 heteroatoms. The minimum absolute atomic E-state index is 0.0396. The van der Waals surface area contributed by atoms with Crippen molar-refractivity contribution in [1.82, 2.24) is 5.32 Å². The van der Waals surface area contributed by atoms with Crippen LogP contribution in [0.4, 0.5) is 18.9 Å². The molecule has 5 nitrogen and oxygen atoms in total. The molecule has 2 amide bonds. The maximum Gasteiger partial charge on any atom is 0.416 e. The predicted molar refractivity (Wildman–Crippen MR) is 96.7 cm³/mol. The van der Waals surface area contributed by atoms with Gasteiger partial charge < -0.3 is 15.0 Å². The Hall–Kier alpha value is -3.03. The van der Waals surface area contributed by atoms with Crippen molar-refractivity contribution in [1.29, 1.82) is 0 Å². The van der Waals surface area contributed by atoms with Crippen LogP contribution in [0.3, 0.4) is 0 Å². The number of hydrogen-bond acceptors (Lipinski definition) is 3. The summed E-state index contributed by atoms with van der Waals surface area (Å²) in [6, 6.07) is 11.8. The first-order valence-electron chi connectivity index (χ1n) is 8.67. The Balaban J connectivity index is 1.66. The average Bonchev–Trinajstić information content (AvgIpc) is 3.07. The number of amides is 2. The molecule has 2 aromatic carbocycles. The van der Waals surface area contributed by atoms with Crippen molar-refractivity contribution in [2.45, 2.75) is 19.1 Å². The molecular formula is C20H19F3N2O3. The van der Waals surface area contributed by atoms with Crippen molar-refractivity contribution >= 4 is 17.5 Å². The molecule has 0 saturated carbocycles. The van der Waals surface area contributed by atoms with Crippen LogP contribution in [0.25, 0.3) is 0 Å². The Morgan fingerprint density at radius 3 is 2.68 bits per heavy atom. The zero-order chi connectivity index (χ0) is 20.3. The highest BCUT2D eigenvalue weighted by molar-refractivity contribution is 6.00. The van der Waals surface area contributed by atoms with Crippen LogP contribution in [0, 0.1) is 5.92 Å². The van der Waals surface area contributed by atoms with E-state index in [-0.39, 0.29) is 37.0 Å². The molecule has 0 aromatic heterocycles. The molecule has 3 rings (SSSR count). The van der Waals surface area contributed by atoms with Gasteiger partial charge in [-0.05, 0) is 24.3 Å². The number of methoxy groups -OCH3 is 1. The third kappa shape index (κ3) is 4.27. The quantitative estimate of drug-likeness (QED) is 0.849. The van der Waals surface area contributed by atoms with Crippen LogP contribution in [0.5, 0.6) is 5.75 Å². The highest BCUT2D eigenvalue weighted by atomic mass is 19.4. The molecule has 1 N–H and O–H groups in total. The number of carbonyl (C=O) groups is 2. The number of anilines is 1. The minimum Gasteiger partial charge on any atom is -0.496 e. The number of para-hydroxylation sites is 1. The molecule has 1 saturated heterocycles. The molecule has 1 heterocycles. The van der Waals surface area contributed by atoms with Crippen molar-refractivity contribution < 1.29 is 27.5 Å². The molecule has 148 valence electrons. The van der Waals surface area contributed by atoms with Gasteiger partial charge in [-0.3, -0.25) is 9.59 Å². The second-order valence-corrected chi connectivity index (χ2v) is 6.48. The molecule has 28 heavy (non-hydrogen) atoms. The van der Waals surface area contributed by atoms with Gasteiger partial charge in [0.2, 0.25) is 11.8 Å². The topological polar surface area (TPSA) is 58.6 Å². The molecule has 0 aliphatic carbocycles. The Morgan fingerprint density at radius 1 is 1.21 bits per heavy atom. The van der Waals surface area contributed by atoms with Crippen molar-refractivity contribution in [2.75, 3.05) is 18.6 Å².